The molecule has 0 atom stereocenters. The molecule has 1 saturated heterocycles. The molecule has 1 aliphatic rings. The highest BCUT2D eigenvalue weighted by Crippen LogP contribution is 2.20. The van der Waals surface area contributed by atoms with E-state index in [-0.39, 0.29) is 0 Å². The van der Waals surface area contributed by atoms with Gasteiger partial charge in [-0.1, -0.05) is 19.4 Å². The van der Waals surface area contributed by atoms with Crippen LogP contribution in [0.4, 0.5) is 17.6 Å². The van der Waals surface area contributed by atoms with Gasteiger partial charge in [0.05, 0.1) is 0 Å². The number of pyridine rings is 1. The average Bonchev–Trinajstić information content (AvgIpc) is 2.66. The molecule has 25 heavy (non-hydrogen) atoms. The first-order valence-electron chi connectivity index (χ1n) is 9.15. The molecule has 0 unspecified atom stereocenters. The second-order valence-electron chi connectivity index (χ2n) is 6.60. The van der Waals surface area contributed by atoms with Gasteiger partial charge in [0.2, 0.25) is 5.95 Å². The summed E-state index contributed by atoms with van der Waals surface area (Å²) in [5.41, 5.74) is 1.02. The van der Waals surface area contributed by atoms with E-state index in [0.717, 1.165) is 56.0 Å². The van der Waals surface area contributed by atoms with Crippen LogP contribution < -0.4 is 14.7 Å². The minimum Gasteiger partial charge on any atom is -0.360 e. The van der Waals surface area contributed by atoms with Gasteiger partial charge in [-0.05, 0) is 25.5 Å². The SMILES string of the molecule is CCCCN(C)c1cc(C)nc(N2CCN(c3ccccn3)CC2)n1. The molecule has 1 aliphatic heterocycles. The molecule has 0 spiro atoms. The van der Waals surface area contributed by atoms with Crippen LogP contribution in [0.2, 0.25) is 0 Å². The molecule has 2 aromatic rings. The summed E-state index contributed by atoms with van der Waals surface area (Å²) < 4.78 is 0. The quantitative estimate of drug-likeness (QED) is 0.806. The van der Waals surface area contributed by atoms with Crippen LogP contribution in [0.5, 0.6) is 0 Å². The highest BCUT2D eigenvalue weighted by Gasteiger charge is 2.20. The summed E-state index contributed by atoms with van der Waals surface area (Å²) in [7, 11) is 2.11. The number of piperazine rings is 1. The number of rotatable bonds is 6. The van der Waals surface area contributed by atoms with Gasteiger partial charge in [0.25, 0.3) is 0 Å². The Kier molecular flexibility index (Phi) is 5.68. The van der Waals surface area contributed by atoms with Crippen LogP contribution in [-0.4, -0.2) is 54.7 Å². The molecule has 134 valence electrons. The molecule has 0 amide bonds. The third-order valence-corrected chi connectivity index (χ3v) is 4.60. The molecule has 6 heteroatoms. The number of aromatic nitrogens is 3. The lowest BCUT2D eigenvalue weighted by molar-refractivity contribution is 0.633. The van der Waals surface area contributed by atoms with Crippen molar-refractivity contribution in [3.8, 4) is 0 Å². The standard InChI is InChI=1S/C19H28N6/c1-4-5-10-23(3)18-15-16(2)21-19(22-18)25-13-11-24(12-14-25)17-8-6-7-9-20-17/h6-9,15H,4-5,10-14H2,1-3H3. The molecule has 0 saturated carbocycles. The zero-order chi connectivity index (χ0) is 17.6. The van der Waals surface area contributed by atoms with Crippen molar-refractivity contribution in [1.82, 2.24) is 15.0 Å². The third-order valence-electron chi connectivity index (χ3n) is 4.60. The Labute approximate surface area is 150 Å². The Morgan fingerprint density at radius 2 is 1.84 bits per heavy atom. The van der Waals surface area contributed by atoms with Gasteiger partial charge in [0, 0.05) is 57.7 Å². The molecule has 0 radical (unpaired) electrons. The van der Waals surface area contributed by atoms with Crippen molar-refractivity contribution in [3.05, 3.63) is 36.2 Å². The van der Waals surface area contributed by atoms with Crippen LogP contribution in [0.1, 0.15) is 25.5 Å². The maximum atomic E-state index is 4.81. The van der Waals surface area contributed by atoms with E-state index in [0.29, 0.717) is 0 Å². The Morgan fingerprint density at radius 3 is 2.52 bits per heavy atom. The van der Waals surface area contributed by atoms with Crippen molar-refractivity contribution in [2.45, 2.75) is 26.7 Å². The van der Waals surface area contributed by atoms with E-state index in [1.54, 1.807) is 0 Å². The Hall–Kier alpha value is -2.37. The van der Waals surface area contributed by atoms with E-state index >= 15 is 0 Å². The average molecular weight is 340 g/mol. The van der Waals surface area contributed by atoms with E-state index in [2.05, 4.69) is 50.8 Å². The van der Waals surface area contributed by atoms with Crippen molar-refractivity contribution in [1.29, 1.82) is 0 Å². The van der Waals surface area contributed by atoms with Crippen LogP contribution in [-0.2, 0) is 0 Å². The Balaban J connectivity index is 1.67. The van der Waals surface area contributed by atoms with Crippen LogP contribution in [0.25, 0.3) is 0 Å². The van der Waals surface area contributed by atoms with E-state index in [9.17, 15) is 0 Å². The number of hydrogen-bond donors (Lipinski definition) is 0. The van der Waals surface area contributed by atoms with E-state index in [1.807, 2.05) is 25.3 Å². The molecule has 0 bridgehead atoms. The molecule has 1 fully saturated rings. The van der Waals surface area contributed by atoms with Gasteiger partial charge in [-0.2, -0.15) is 4.98 Å². The summed E-state index contributed by atoms with van der Waals surface area (Å²) in [4.78, 5) is 20.8. The lowest BCUT2D eigenvalue weighted by atomic mass is 10.3. The number of anilines is 3. The first-order chi connectivity index (χ1) is 12.2. The smallest absolute Gasteiger partial charge is 0.227 e. The van der Waals surface area contributed by atoms with E-state index in [4.69, 9.17) is 4.98 Å². The van der Waals surface area contributed by atoms with Crippen molar-refractivity contribution < 1.29 is 0 Å². The molecule has 0 aromatic carbocycles. The maximum Gasteiger partial charge on any atom is 0.227 e. The van der Waals surface area contributed by atoms with Gasteiger partial charge in [-0.15, -0.1) is 0 Å². The van der Waals surface area contributed by atoms with Gasteiger partial charge in [0.15, 0.2) is 0 Å². The van der Waals surface area contributed by atoms with Crippen molar-refractivity contribution in [3.63, 3.8) is 0 Å². The Bertz CT molecular complexity index is 667. The molecule has 0 aliphatic carbocycles. The summed E-state index contributed by atoms with van der Waals surface area (Å²) in [6.45, 7) is 9.00. The largest absolute Gasteiger partial charge is 0.360 e. The molecular formula is C19H28N6. The van der Waals surface area contributed by atoms with Crippen LogP contribution in [0.3, 0.4) is 0 Å². The fourth-order valence-corrected chi connectivity index (χ4v) is 3.06. The van der Waals surface area contributed by atoms with Crippen molar-refractivity contribution >= 4 is 17.6 Å². The van der Waals surface area contributed by atoms with Gasteiger partial charge >= 0.3 is 0 Å². The highest BCUT2D eigenvalue weighted by atomic mass is 15.3. The van der Waals surface area contributed by atoms with E-state index in [1.165, 1.54) is 12.8 Å². The fraction of sp³-hybridized carbons (Fsp3) is 0.526. The van der Waals surface area contributed by atoms with E-state index < -0.39 is 0 Å². The third kappa shape index (κ3) is 4.38. The highest BCUT2D eigenvalue weighted by molar-refractivity contribution is 5.47. The number of aryl methyl sites for hydroxylation is 1. The molecule has 3 heterocycles. The van der Waals surface area contributed by atoms with Gasteiger partial charge in [0.1, 0.15) is 11.6 Å². The summed E-state index contributed by atoms with van der Waals surface area (Å²) in [6, 6.07) is 8.14. The van der Waals surface area contributed by atoms with Crippen LogP contribution in [0.15, 0.2) is 30.5 Å². The van der Waals surface area contributed by atoms with Gasteiger partial charge < -0.3 is 14.7 Å². The predicted octanol–water partition coefficient (Wildman–Crippen LogP) is 2.74. The molecule has 3 rings (SSSR count). The first kappa shape index (κ1) is 17.5. The molecule has 0 N–H and O–H groups in total. The number of hydrogen-bond acceptors (Lipinski definition) is 6. The number of unbranched alkanes of at least 4 members (excludes halogenated alkanes) is 1. The second-order valence-corrected chi connectivity index (χ2v) is 6.60. The Morgan fingerprint density at radius 1 is 1.08 bits per heavy atom. The van der Waals surface area contributed by atoms with Gasteiger partial charge in [-0.3, -0.25) is 0 Å². The zero-order valence-corrected chi connectivity index (χ0v) is 15.5. The topological polar surface area (TPSA) is 48.4 Å². The van der Waals surface area contributed by atoms with Crippen LogP contribution in [0, 0.1) is 6.92 Å². The monoisotopic (exact) mass is 340 g/mol. The second kappa shape index (κ2) is 8.14. The summed E-state index contributed by atoms with van der Waals surface area (Å²) in [6.07, 6.45) is 4.22. The summed E-state index contributed by atoms with van der Waals surface area (Å²) in [5.74, 6) is 2.91. The lowest BCUT2D eigenvalue weighted by Crippen LogP contribution is -2.47. The minimum absolute atomic E-state index is 0.846. The predicted molar refractivity (Wildman–Crippen MR) is 104 cm³/mol. The zero-order valence-electron chi connectivity index (χ0n) is 15.5. The minimum atomic E-state index is 0.846. The summed E-state index contributed by atoms with van der Waals surface area (Å²) >= 11 is 0. The lowest BCUT2D eigenvalue weighted by Gasteiger charge is -2.35. The normalized spacial score (nSPS) is 14.7. The van der Waals surface area contributed by atoms with Crippen LogP contribution >= 0.6 is 0 Å². The first-order valence-corrected chi connectivity index (χ1v) is 9.15. The molecule has 2 aromatic heterocycles. The summed E-state index contributed by atoms with van der Waals surface area (Å²) in [5, 5.41) is 0. The van der Waals surface area contributed by atoms with Crippen molar-refractivity contribution in [2.24, 2.45) is 0 Å². The number of nitrogens with zero attached hydrogens (tertiary/aromatic N) is 6. The van der Waals surface area contributed by atoms with Gasteiger partial charge in [-0.25, -0.2) is 9.97 Å². The maximum absolute atomic E-state index is 4.81. The fourth-order valence-electron chi connectivity index (χ4n) is 3.06. The molecular weight excluding hydrogens is 312 g/mol. The molecule has 6 nitrogen and oxygen atoms in total. The van der Waals surface area contributed by atoms with Crippen molar-refractivity contribution in [2.75, 3.05) is 54.5 Å².